The molecular formula is C21H24N2O2S. The SMILES string of the molecule is NC(=O)c1c(NC(=O)C2CCCC2)sc2c1CCC(c1ccccc1)C2. The number of nitrogens with two attached hydrogens (primary N) is 1. The molecule has 2 aliphatic carbocycles. The van der Waals surface area contributed by atoms with Gasteiger partial charge in [-0.3, -0.25) is 9.59 Å². The number of benzene rings is 1. The van der Waals surface area contributed by atoms with Crippen molar-refractivity contribution < 1.29 is 9.59 Å². The predicted molar refractivity (Wildman–Crippen MR) is 105 cm³/mol. The summed E-state index contributed by atoms with van der Waals surface area (Å²) in [5, 5.41) is 3.68. The van der Waals surface area contributed by atoms with Gasteiger partial charge in [0.15, 0.2) is 0 Å². The highest BCUT2D eigenvalue weighted by molar-refractivity contribution is 7.17. The molecule has 1 heterocycles. The molecule has 5 heteroatoms. The maximum atomic E-state index is 12.5. The van der Waals surface area contributed by atoms with Crippen LogP contribution in [0.15, 0.2) is 30.3 Å². The number of hydrogen-bond acceptors (Lipinski definition) is 3. The summed E-state index contributed by atoms with van der Waals surface area (Å²) in [5.41, 5.74) is 8.61. The third kappa shape index (κ3) is 3.28. The Hall–Kier alpha value is -2.14. The van der Waals surface area contributed by atoms with Gasteiger partial charge >= 0.3 is 0 Å². The largest absolute Gasteiger partial charge is 0.365 e. The minimum Gasteiger partial charge on any atom is -0.365 e. The molecule has 4 rings (SSSR count). The highest BCUT2D eigenvalue weighted by Crippen LogP contribution is 2.42. The van der Waals surface area contributed by atoms with Crippen molar-refractivity contribution in [2.75, 3.05) is 5.32 Å². The van der Waals surface area contributed by atoms with Crippen LogP contribution >= 0.6 is 11.3 Å². The maximum absolute atomic E-state index is 12.5. The van der Waals surface area contributed by atoms with E-state index in [2.05, 4.69) is 29.6 Å². The molecule has 2 aromatic rings. The Morgan fingerprint density at radius 1 is 1.08 bits per heavy atom. The lowest BCUT2D eigenvalue weighted by Gasteiger charge is -2.22. The molecule has 1 fully saturated rings. The third-order valence-electron chi connectivity index (χ3n) is 5.75. The molecule has 1 saturated carbocycles. The first kappa shape index (κ1) is 17.3. The first-order valence-corrected chi connectivity index (χ1v) is 10.2. The lowest BCUT2D eigenvalue weighted by atomic mass is 9.83. The zero-order valence-corrected chi connectivity index (χ0v) is 15.6. The van der Waals surface area contributed by atoms with Crippen LogP contribution in [0.1, 0.15) is 64.4 Å². The van der Waals surface area contributed by atoms with E-state index in [9.17, 15) is 9.59 Å². The molecule has 0 radical (unpaired) electrons. The van der Waals surface area contributed by atoms with Crippen molar-refractivity contribution in [2.24, 2.45) is 11.7 Å². The average molecular weight is 369 g/mol. The molecule has 0 bridgehead atoms. The molecular weight excluding hydrogens is 344 g/mol. The van der Waals surface area contributed by atoms with Crippen molar-refractivity contribution in [3.63, 3.8) is 0 Å². The highest BCUT2D eigenvalue weighted by atomic mass is 32.1. The smallest absolute Gasteiger partial charge is 0.251 e. The summed E-state index contributed by atoms with van der Waals surface area (Å²) in [6.45, 7) is 0. The van der Waals surface area contributed by atoms with Crippen LogP contribution in [0.2, 0.25) is 0 Å². The van der Waals surface area contributed by atoms with Gasteiger partial charge < -0.3 is 11.1 Å². The van der Waals surface area contributed by atoms with Gasteiger partial charge in [-0.15, -0.1) is 11.3 Å². The predicted octanol–water partition coefficient (Wildman–Crippen LogP) is 4.25. The molecule has 26 heavy (non-hydrogen) atoms. The number of carbonyl (C=O) groups excluding carboxylic acids is 2. The molecule has 0 aliphatic heterocycles. The molecule has 136 valence electrons. The fourth-order valence-corrected chi connectivity index (χ4v) is 5.68. The Bertz CT molecular complexity index is 822. The molecule has 3 N–H and O–H groups in total. The summed E-state index contributed by atoms with van der Waals surface area (Å²) in [6.07, 6.45) is 6.86. The van der Waals surface area contributed by atoms with Crippen LogP contribution in [0.3, 0.4) is 0 Å². The number of rotatable bonds is 4. The van der Waals surface area contributed by atoms with Gasteiger partial charge in [-0.2, -0.15) is 0 Å². The minimum absolute atomic E-state index is 0.0446. The summed E-state index contributed by atoms with van der Waals surface area (Å²) >= 11 is 1.54. The van der Waals surface area contributed by atoms with Gasteiger partial charge in [-0.1, -0.05) is 43.2 Å². The number of primary amides is 1. The summed E-state index contributed by atoms with van der Waals surface area (Å²) in [5.74, 6) is 0.152. The zero-order chi connectivity index (χ0) is 18.1. The summed E-state index contributed by atoms with van der Waals surface area (Å²) in [4.78, 5) is 25.8. The van der Waals surface area contributed by atoms with Crippen LogP contribution in [-0.4, -0.2) is 11.8 Å². The standard InChI is InChI=1S/C21H24N2O2S/c22-19(24)18-16-11-10-15(13-6-2-1-3-7-13)12-17(16)26-21(18)23-20(25)14-8-4-5-9-14/h1-3,6-7,14-15H,4-5,8-12H2,(H2,22,24)(H,23,25). The van der Waals surface area contributed by atoms with E-state index in [0.29, 0.717) is 16.5 Å². The number of carbonyl (C=O) groups is 2. The summed E-state index contributed by atoms with van der Waals surface area (Å²) in [7, 11) is 0. The van der Waals surface area contributed by atoms with Crippen LogP contribution < -0.4 is 11.1 Å². The number of fused-ring (bicyclic) bond motifs is 1. The Balaban J connectivity index is 1.60. The molecule has 1 aromatic heterocycles. The Morgan fingerprint density at radius 3 is 2.50 bits per heavy atom. The molecule has 4 nitrogen and oxygen atoms in total. The number of hydrogen-bond donors (Lipinski definition) is 2. The third-order valence-corrected chi connectivity index (χ3v) is 6.92. The first-order chi connectivity index (χ1) is 12.6. The first-order valence-electron chi connectivity index (χ1n) is 9.43. The minimum atomic E-state index is -0.428. The van der Waals surface area contributed by atoms with Crippen molar-refractivity contribution in [1.29, 1.82) is 0 Å². The van der Waals surface area contributed by atoms with Crippen molar-refractivity contribution in [2.45, 2.75) is 50.9 Å². The molecule has 1 unspecified atom stereocenters. The van der Waals surface area contributed by atoms with E-state index in [1.165, 1.54) is 10.4 Å². The highest BCUT2D eigenvalue weighted by Gasteiger charge is 2.30. The topological polar surface area (TPSA) is 72.2 Å². The Morgan fingerprint density at radius 2 is 1.81 bits per heavy atom. The van der Waals surface area contributed by atoms with Crippen LogP contribution in [0.5, 0.6) is 0 Å². The van der Waals surface area contributed by atoms with E-state index in [1.807, 2.05) is 6.07 Å². The quantitative estimate of drug-likeness (QED) is 0.847. The molecule has 2 amide bonds. The Labute approximate surface area is 157 Å². The van der Waals surface area contributed by atoms with Gasteiger partial charge in [-0.25, -0.2) is 0 Å². The van der Waals surface area contributed by atoms with Crippen molar-refractivity contribution in [3.8, 4) is 0 Å². The molecule has 1 atom stereocenters. The Kier molecular flexibility index (Phi) is 4.81. The monoisotopic (exact) mass is 368 g/mol. The van der Waals surface area contributed by atoms with Gasteiger partial charge in [0.25, 0.3) is 5.91 Å². The van der Waals surface area contributed by atoms with Gasteiger partial charge in [-0.05, 0) is 49.1 Å². The second-order valence-corrected chi connectivity index (χ2v) is 8.50. The van der Waals surface area contributed by atoms with Crippen molar-refractivity contribution in [3.05, 3.63) is 51.9 Å². The van der Waals surface area contributed by atoms with E-state index in [1.54, 1.807) is 11.3 Å². The molecule has 0 spiro atoms. The van der Waals surface area contributed by atoms with E-state index >= 15 is 0 Å². The molecule has 0 saturated heterocycles. The van der Waals surface area contributed by atoms with Gasteiger partial charge in [0.05, 0.1) is 5.56 Å². The number of nitrogens with one attached hydrogen (secondary N) is 1. The summed E-state index contributed by atoms with van der Waals surface area (Å²) in [6, 6.07) is 10.5. The van der Waals surface area contributed by atoms with E-state index in [4.69, 9.17) is 5.73 Å². The van der Waals surface area contributed by atoms with Crippen LogP contribution in [-0.2, 0) is 17.6 Å². The maximum Gasteiger partial charge on any atom is 0.251 e. The van der Waals surface area contributed by atoms with Crippen molar-refractivity contribution >= 4 is 28.2 Å². The lowest BCUT2D eigenvalue weighted by Crippen LogP contribution is -2.23. The van der Waals surface area contributed by atoms with E-state index < -0.39 is 5.91 Å². The lowest BCUT2D eigenvalue weighted by molar-refractivity contribution is -0.119. The summed E-state index contributed by atoms with van der Waals surface area (Å²) < 4.78 is 0. The van der Waals surface area contributed by atoms with Gasteiger partial charge in [0, 0.05) is 10.8 Å². The second-order valence-electron chi connectivity index (χ2n) is 7.39. The van der Waals surface area contributed by atoms with Crippen molar-refractivity contribution in [1.82, 2.24) is 0 Å². The fourth-order valence-electron chi connectivity index (χ4n) is 4.35. The number of thiophene rings is 1. The second kappa shape index (κ2) is 7.23. The van der Waals surface area contributed by atoms with Gasteiger partial charge in [0.2, 0.25) is 5.91 Å². The fraction of sp³-hybridized carbons (Fsp3) is 0.429. The van der Waals surface area contributed by atoms with Crippen LogP contribution in [0, 0.1) is 5.92 Å². The zero-order valence-electron chi connectivity index (χ0n) is 14.8. The number of amides is 2. The van der Waals surface area contributed by atoms with E-state index in [0.717, 1.165) is 50.5 Å². The molecule has 1 aromatic carbocycles. The average Bonchev–Trinajstić information content (AvgIpc) is 3.29. The molecule has 2 aliphatic rings. The van der Waals surface area contributed by atoms with Gasteiger partial charge in [0.1, 0.15) is 5.00 Å². The van der Waals surface area contributed by atoms with Crippen LogP contribution in [0.4, 0.5) is 5.00 Å². The normalized spacial score (nSPS) is 19.9. The van der Waals surface area contributed by atoms with Crippen LogP contribution in [0.25, 0.3) is 0 Å². The van der Waals surface area contributed by atoms with E-state index in [-0.39, 0.29) is 11.8 Å². The number of anilines is 1.